The maximum Gasteiger partial charge on any atom is 0.100 e. The highest BCUT2D eigenvalue weighted by atomic mass is 19.1. The van der Waals surface area contributed by atoms with E-state index in [4.69, 9.17) is 0 Å². The van der Waals surface area contributed by atoms with Crippen LogP contribution in [0.2, 0.25) is 0 Å². The maximum absolute atomic E-state index is 14.1. The Hall–Kier alpha value is -1.29. The Morgan fingerprint density at radius 2 is 1.81 bits per heavy atom. The fourth-order valence-corrected chi connectivity index (χ4v) is 6.28. The number of hydrogen-bond donors (Lipinski definition) is 1. The van der Waals surface area contributed by atoms with Crippen LogP contribution in [0, 0.1) is 11.8 Å². The first-order chi connectivity index (χ1) is 12.8. The van der Waals surface area contributed by atoms with Gasteiger partial charge >= 0.3 is 0 Å². The molecule has 26 heavy (non-hydrogen) atoms. The Kier molecular flexibility index (Phi) is 4.56. The molecule has 3 fully saturated rings. The van der Waals surface area contributed by atoms with Gasteiger partial charge in [0.15, 0.2) is 0 Å². The monoisotopic (exact) mass is 357 g/mol. The standard InChI is InChI=1S/C22H32FN3/c23-17-9-8-16-4-3-7-21(19(16)14-17)25-12-10-18(11-13-25)26-15-24-20-5-1-2-6-22(20)26/h1-2,5-6,16-19,21,24H,3-4,7-15H2. The van der Waals surface area contributed by atoms with Crippen LogP contribution in [-0.2, 0) is 0 Å². The van der Waals surface area contributed by atoms with Gasteiger partial charge in [-0.3, -0.25) is 4.90 Å². The average molecular weight is 358 g/mol. The van der Waals surface area contributed by atoms with Crippen LogP contribution in [0.15, 0.2) is 24.3 Å². The van der Waals surface area contributed by atoms with Gasteiger partial charge in [-0.25, -0.2) is 4.39 Å². The van der Waals surface area contributed by atoms with Gasteiger partial charge in [0.05, 0.1) is 18.0 Å². The Morgan fingerprint density at radius 3 is 2.69 bits per heavy atom. The minimum Gasteiger partial charge on any atom is -0.366 e. The lowest BCUT2D eigenvalue weighted by Gasteiger charge is -2.49. The predicted octanol–water partition coefficient (Wildman–Crippen LogP) is 4.65. The number of para-hydroxylation sites is 2. The van der Waals surface area contributed by atoms with Crippen molar-refractivity contribution in [2.75, 3.05) is 30.0 Å². The van der Waals surface area contributed by atoms with E-state index in [1.165, 1.54) is 56.6 Å². The second-order valence-corrected chi connectivity index (χ2v) is 8.92. The van der Waals surface area contributed by atoms with Crippen LogP contribution in [0.4, 0.5) is 15.8 Å². The molecule has 5 rings (SSSR count). The van der Waals surface area contributed by atoms with Crippen LogP contribution in [0.1, 0.15) is 51.4 Å². The van der Waals surface area contributed by atoms with Gasteiger partial charge in [-0.05, 0) is 62.5 Å². The largest absolute Gasteiger partial charge is 0.366 e. The maximum atomic E-state index is 14.1. The number of hydrogen-bond acceptors (Lipinski definition) is 3. The second kappa shape index (κ2) is 7.03. The molecule has 0 bridgehead atoms. The van der Waals surface area contributed by atoms with Crippen molar-refractivity contribution in [2.45, 2.75) is 69.6 Å². The summed E-state index contributed by atoms with van der Waals surface area (Å²) in [7, 11) is 0. The molecule has 3 nitrogen and oxygen atoms in total. The number of anilines is 2. The molecule has 142 valence electrons. The van der Waals surface area contributed by atoms with Gasteiger partial charge in [-0.1, -0.05) is 25.0 Å². The highest BCUT2D eigenvalue weighted by molar-refractivity contribution is 5.74. The van der Waals surface area contributed by atoms with Gasteiger partial charge in [0, 0.05) is 25.2 Å². The van der Waals surface area contributed by atoms with Crippen molar-refractivity contribution in [2.24, 2.45) is 11.8 Å². The minimum absolute atomic E-state index is 0.540. The van der Waals surface area contributed by atoms with E-state index >= 15 is 0 Å². The molecule has 1 aromatic carbocycles. The summed E-state index contributed by atoms with van der Waals surface area (Å²) >= 11 is 0. The molecule has 2 aliphatic heterocycles. The number of nitrogens with zero attached hydrogens (tertiary/aromatic N) is 2. The van der Waals surface area contributed by atoms with Crippen LogP contribution < -0.4 is 10.2 Å². The van der Waals surface area contributed by atoms with Crippen molar-refractivity contribution in [3.05, 3.63) is 24.3 Å². The lowest BCUT2D eigenvalue weighted by atomic mass is 9.67. The first-order valence-corrected chi connectivity index (χ1v) is 10.8. The van der Waals surface area contributed by atoms with Crippen molar-refractivity contribution in [1.82, 2.24) is 4.90 Å². The molecule has 4 atom stereocenters. The summed E-state index contributed by atoms with van der Waals surface area (Å²) in [6.45, 7) is 3.32. The van der Waals surface area contributed by atoms with E-state index in [1.54, 1.807) is 0 Å². The molecule has 4 aliphatic rings. The average Bonchev–Trinajstić information content (AvgIpc) is 3.12. The van der Waals surface area contributed by atoms with E-state index in [2.05, 4.69) is 39.4 Å². The zero-order valence-corrected chi connectivity index (χ0v) is 15.7. The number of rotatable bonds is 2. The molecule has 0 spiro atoms. The zero-order valence-electron chi connectivity index (χ0n) is 15.7. The summed E-state index contributed by atoms with van der Waals surface area (Å²) in [6, 6.07) is 9.98. The smallest absolute Gasteiger partial charge is 0.100 e. The minimum atomic E-state index is -0.540. The van der Waals surface area contributed by atoms with Crippen molar-refractivity contribution in [1.29, 1.82) is 0 Å². The second-order valence-electron chi connectivity index (χ2n) is 8.92. The van der Waals surface area contributed by atoms with Gasteiger partial charge in [-0.15, -0.1) is 0 Å². The third-order valence-electron chi connectivity index (χ3n) is 7.62. The fraction of sp³-hybridized carbons (Fsp3) is 0.727. The number of halogens is 1. The quantitative estimate of drug-likeness (QED) is 0.831. The van der Waals surface area contributed by atoms with Crippen molar-refractivity contribution >= 4 is 11.4 Å². The molecule has 4 unspecified atom stereocenters. The third kappa shape index (κ3) is 3.00. The molecule has 1 saturated heterocycles. The molecular formula is C22H32FN3. The van der Waals surface area contributed by atoms with Gasteiger partial charge in [0.2, 0.25) is 0 Å². The molecular weight excluding hydrogens is 325 g/mol. The summed E-state index contributed by atoms with van der Waals surface area (Å²) in [5, 5.41) is 3.53. The Bertz CT molecular complexity index is 628. The number of fused-ring (bicyclic) bond motifs is 2. The third-order valence-corrected chi connectivity index (χ3v) is 7.62. The topological polar surface area (TPSA) is 18.5 Å². The number of likely N-dealkylation sites (tertiary alicyclic amines) is 1. The summed E-state index contributed by atoms with van der Waals surface area (Å²) in [4.78, 5) is 5.30. The van der Waals surface area contributed by atoms with E-state index in [1.807, 2.05) is 0 Å². The highest BCUT2D eigenvalue weighted by Crippen LogP contribution is 2.44. The summed E-state index contributed by atoms with van der Waals surface area (Å²) in [5.74, 6) is 1.42. The van der Waals surface area contributed by atoms with Crippen molar-refractivity contribution < 1.29 is 4.39 Å². The van der Waals surface area contributed by atoms with Gasteiger partial charge in [-0.2, -0.15) is 0 Å². The van der Waals surface area contributed by atoms with Crippen LogP contribution >= 0.6 is 0 Å². The number of benzene rings is 1. The fourth-order valence-electron chi connectivity index (χ4n) is 6.28. The summed E-state index contributed by atoms with van der Waals surface area (Å²) in [6.07, 6.45) is 8.72. The van der Waals surface area contributed by atoms with Crippen molar-refractivity contribution in [3.63, 3.8) is 0 Å². The van der Waals surface area contributed by atoms with Crippen molar-refractivity contribution in [3.8, 4) is 0 Å². The summed E-state index contributed by atoms with van der Waals surface area (Å²) in [5.41, 5.74) is 2.65. The van der Waals surface area contributed by atoms with Gasteiger partial charge in [0.25, 0.3) is 0 Å². The Labute approximate surface area is 156 Å². The molecule has 2 saturated carbocycles. The molecule has 1 N–H and O–H groups in total. The number of piperidine rings is 1. The number of nitrogens with one attached hydrogen (secondary N) is 1. The SMILES string of the molecule is FC1CCC2CCCC(N3CCC(N4CNc5ccccc54)CC3)C2C1. The highest BCUT2D eigenvalue weighted by Gasteiger charge is 2.41. The van der Waals surface area contributed by atoms with E-state index in [0.29, 0.717) is 18.0 Å². The molecule has 4 heteroatoms. The van der Waals surface area contributed by atoms with E-state index in [9.17, 15) is 4.39 Å². The molecule has 0 radical (unpaired) electrons. The van der Waals surface area contributed by atoms with Crippen LogP contribution in [-0.4, -0.2) is 42.9 Å². The van der Waals surface area contributed by atoms with E-state index < -0.39 is 6.17 Å². The first-order valence-electron chi connectivity index (χ1n) is 10.8. The van der Waals surface area contributed by atoms with E-state index in [0.717, 1.165) is 31.8 Å². The van der Waals surface area contributed by atoms with Gasteiger partial charge in [0.1, 0.15) is 6.17 Å². The van der Waals surface area contributed by atoms with E-state index in [-0.39, 0.29) is 0 Å². The molecule has 1 aromatic rings. The zero-order chi connectivity index (χ0) is 17.5. The summed E-state index contributed by atoms with van der Waals surface area (Å²) < 4.78 is 14.1. The Morgan fingerprint density at radius 1 is 0.962 bits per heavy atom. The molecule has 2 aliphatic carbocycles. The number of alkyl halides is 1. The molecule has 2 heterocycles. The normalized spacial score (nSPS) is 35.7. The van der Waals surface area contributed by atoms with Crippen LogP contribution in [0.3, 0.4) is 0 Å². The molecule has 0 aromatic heterocycles. The predicted molar refractivity (Wildman–Crippen MR) is 105 cm³/mol. The molecule has 0 amide bonds. The lowest BCUT2D eigenvalue weighted by molar-refractivity contribution is 0.00562. The van der Waals surface area contributed by atoms with Crippen LogP contribution in [0.25, 0.3) is 0 Å². The first kappa shape index (κ1) is 16.9. The van der Waals surface area contributed by atoms with Crippen LogP contribution in [0.5, 0.6) is 0 Å². The Balaban J connectivity index is 1.23. The van der Waals surface area contributed by atoms with Gasteiger partial charge < -0.3 is 10.2 Å². The lowest BCUT2D eigenvalue weighted by Crippen LogP contribution is -2.53.